The number of ether oxygens (including phenoxy) is 2. The molecule has 0 unspecified atom stereocenters. The molecular formula is C36H40FN3O6Si. The van der Waals surface area contributed by atoms with E-state index in [1.807, 2.05) is 79.7 Å². The molecular weight excluding hydrogens is 617 g/mol. The van der Waals surface area contributed by atoms with Gasteiger partial charge in [0.15, 0.2) is 12.2 Å². The molecule has 11 heteroatoms. The highest BCUT2D eigenvalue weighted by molar-refractivity contribution is 6.72. The molecule has 3 aromatic rings. The first-order valence-corrected chi connectivity index (χ1v) is 19.3. The predicted molar refractivity (Wildman–Crippen MR) is 178 cm³/mol. The van der Waals surface area contributed by atoms with Crippen molar-refractivity contribution in [2.45, 2.75) is 69.1 Å². The van der Waals surface area contributed by atoms with Crippen molar-refractivity contribution in [3.8, 4) is 5.75 Å². The fourth-order valence-electron chi connectivity index (χ4n) is 8.36. The summed E-state index contributed by atoms with van der Waals surface area (Å²) in [7, 11) is -3.45. The van der Waals surface area contributed by atoms with Crippen molar-refractivity contribution in [1.29, 1.82) is 0 Å². The monoisotopic (exact) mass is 657 g/mol. The Hall–Kier alpha value is -4.06. The molecule has 0 aliphatic carbocycles. The smallest absolute Gasteiger partial charge is 0.269 e. The van der Waals surface area contributed by atoms with Crippen LogP contribution in [0.5, 0.6) is 5.75 Å². The molecule has 4 aliphatic rings. The Morgan fingerprint density at radius 1 is 1.04 bits per heavy atom. The number of anilines is 3. The first kappa shape index (κ1) is 31.5. The molecule has 5 atom stereocenters. The van der Waals surface area contributed by atoms with E-state index < -0.39 is 31.6 Å². The first-order valence-electron chi connectivity index (χ1n) is 16.4. The number of rotatable bonds is 7. The van der Waals surface area contributed by atoms with E-state index in [1.54, 1.807) is 27.8 Å². The summed E-state index contributed by atoms with van der Waals surface area (Å²) in [5.41, 5.74) is 1.44. The molecule has 3 amide bonds. The first-order chi connectivity index (χ1) is 22.5. The van der Waals surface area contributed by atoms with Crippen LogP contribution < -0.4 is 14.5 Å². The molecule has 2 saturated heterocycles. The fraction of sp³-hybridized carbons (Fsp3) is 0.417. The van der Waals surface area contributed by atoms with Gasteiger partial charge >= 0.3 is 0 Å². The Labute approximate surface area is 275 Å². The number of aliphatic hydroxyl groups is 1. The molecule has 9 nitrogen and oxygen atoms in total. The van der Waals surface area contributed by atoms with Crippen molar-refractivity contribution in [3.05, 3.63) is 83.9 Å². The maximum Gasteiger partial charge on any atom is 0.269 e. The van der Waals surface area contributed by atoms with Crippen LogP contribution in [0.25, 0.3) is 0 Å². The van der Waals surface area contributed by atoms with E-state index in [9.17, 15) is 19.5 Å². The normalized spacial score (nSPS) is 27.0. The van der Waals surface area contributed by atoms with Gasteiger partial charge in [-0.15, -0.1) is 0 Å². The molecule has 4 aliphatic heterocycles. The van der Waals surface area contributed by atoms with E-state index in [-0.39, 0.29) is 49.9 Å². The Bertz CT molecular complexity index is 1730. The van der Waals surface area contributed by atoms with Crippen LogP contribution in [0.1, 0.15) is 37.3 Å². The van der Waals surface area contributed by atoms with Crippen LogP contribution in [-0.2, 0) is 31.3 Å². The maximum absolute atomic E-state index is 16.2. The van der Waals surface area contributed by atoms with Gasteiger partial charge < -0.3 is 28.5 Å². The third-order valence-corrected chi connectivity index (χ3v) is 12.8. The average molecular weight is 658 g/mol. The number of aliphatic hydroxyl groups excluding tert-OH is 1. The molecule has 0 aromatic heterocycles. The molecule has 4 heterocycles. The van der Waals surface area contributed by atoms with Crippen LogP contribution in [0.3, 0.4) is 0 Å². The number of carbonyl (C=O) groups excluding carboxylic acids is 3. The Morgan fingerprint density at radius 3 is 2.55 bits per heavy atom. The number of halogens is 1. The minimum absolute atomic E-state index is 0.0415. The fourth-order valence-corrected chi connectivity index (χ4v) is 10.9. The van der Waals surface area contributed by atoms with E-state index in [4.69, 9.17) is 9.47 Å². The lowest BCUT2D eigenvalue weighted by Crippen LogP contribution is -2.45. The van der Waals surface area contributed by atoms with Gasteiger partial charge in [0.1, 0.15) is 5.75 Å². The summed E-state index contributed by atoms with van der Waals surface area (Å²) in [5.74, 6) is -0.553. The molecule has 246 valence electrons. The van der Waals surface area contributed by atoms with Crippen molar-refractivity contribution in [3.63, 3.8) is 0 Å². The van der Waals surface area contributed by atoms with Crippen molar-refractivity contribution in [1.82, 2.24) is 4.90 Å². The van der Waals surface area contributed by atoms with Crippen molar-refractivity contribution in [2.24, 2.45) is 5.92 Å². The largest absolute Gasteiger partial charge is 0.482 e. The quantitative estimate of drug-likeness (QED) is 0.269. The van der Waals surface area contributed by atoms with Gasteiger partial charge in [-0.2, -0.15) is 0 Å². The zero-order valence-corrected chi connectivity index (χ0v) is 27.9. The standard InChI is InChI=1S/C36H40FN3O6Si/c1-23-34(47(2,3)37)31(19-32(42)38-17-9-12-26(38)21-41)46-36(23)27-13-4-5-14-28(27)39(35(36)44)20-24-10-8-11-25(18-24)40-29-15-6-7-16-30(29)45-22-33(40)43/h4-8,10-11,13-16,18,23,26,31,34,41H,9,12,17,19-22H2,1-3H3/t23-,26-,31+,34-,36+/m0/s1. The molecule has 47 heavy (non-hydrogen) atoms. The summed E-state index contributed by atoms with van der Waals surface area (Å²) >= 11 is 0. The lowest BCUT2D eigenvalue weighted by Gasteiger charge is -2.31. The zero-order chi connectivity index (χ0) is 33.1. The number of likely N-dealkylation sites (tertiary alicyclic amines) is 1. The minimum atomic E-state index is -3.45. The Balaban J connectivity index is 1.21. The second-order valence-electron chi connectivity index (χ2n) is 13.6. The Morgan fingerprint density at radius 2 is 1.79 bits per heavy atom. The van der Waals surface area contributed by atoms with E-state index in [2.05, 4.69) is 0 Å². The second kappa shape index (κ2) is 11.9. The van der Waals surface area contributed by atoms with Gasteiger partial charge in [-0.25, -0.2) is 0 Å². The highest BCUT2D eigenvalue weighted by Crippen LogP contribution is 2.60. The summed E-state index contributed by atoms with van der Waals surface area (Å²) in [6, 6.07) is 22.1. The van der Waals surface area contributed by atoms with Crippen molar-refractivity contribution >= 4 is 43.2 Å². The number of hydrogen-bond acceptors (Lipinski definition) is 6. The molecule has 1 N–H and O–H groups in total. The van der Waals surface area contributed by atoms with Gasteiger partial charge in [0, 0.05) is 29.3 Å². The van der Waals surface area contributed by atoms with Gasteiger partial charge in [0.05, 0.1) is 43.1 Å². The number of para-hydroxylation sites is 3. The lowest BCUT2D eigenvalue weighted by atomic mass is 9.82. The molecule has 7 rings (SSSR count). The van der Waals surface area contributed by atoms with E-state index >= 15 is 4.11 Å². The minimum Gasteiger partial charge on any atom is -0.482 e. The maximum atomic E-state index is 16.2. The van der Waals surface area contributed by atoms with Crippen LogP contribution in [0, 0.1) is 5.92 Å². The summed E-state index contributed by atoms with van der Waals surface area (Å²) in [4.78, 5) is 46.3. The van der Waals surface area contributed by atoms with Crippen LogP contribution in [-0.4, -0.2) is 68.0 Å². The van der Waals surface area contributed by atoms with Gasteiger partial charge in [-0.3, -0.25) is 19.3 Å². The third kappa shape index (κ3) is 5.15. The molecule has 0 radical (unpaired) electrons. The zero-order valence-electron chi connectivity index (χ0n) is 26.9. The number of amides is 3. The Kier molecular flexibility index (Phi) is 7.97. The topological polar surface area (TPSA) is 99.6 Å². The summed E-state index contributed by atoms with van der Waals surface area (Å²) < 4.78 is 28.6. The lowest BCUT2D eigenvalue weighted by molar-refractivity contribution is -0.150. The summed E-state index contributed by atoms with van der Waals surface area (Å²) in [6.07, 6.45) is 0.718. The summed E-state index contributed by atoms with van der Waals surface area (Å²) in [5, 5.41) is 9.83. The molecule has 3 aromatic carbocycles. The van der Waals surface area contributed by atoms with Gasteiger partial charge in [0.25, 0.3) is 11.8 Å². The van der Waals surface area contributed by atoms with Crippen molar-refractivity contribution < 1.29 is 33.1 Å². The van der Waals surface area contributed by atoms with E-state index in [0.717, 1.165) is 18.4 Å². The SMILES string of the molecule is C[C@H]1[C@H]([Si](C)(C)F)[C@@H](CC(=O)N2CCC[C@H]2CO)O[C@]12C(=O)N(Cc1cccc(N3C(=O)COc4ccccc43)c1)c1ccccc12. The highest BCUT2D eigenvalue weighted by Gasteiger charge is 2.67. The van der Waals surface area contributed by atoms with E-state index in [1.165, 1.54) is 0 Å². The van der Waals surface area contributed by atoms with E-state index in [0.29, 0.717) is 34.9 Å². The number of carbonyl (C=O) groups is 3. The van der Waals surface area contributed by atoms with Gasteiger partial charge in [-0.1, -0.05) is 49.4 Å². The van der Waals surface area contributed by atoms with Crippen LogP contribution in [0.2, 0.25) is 18.6 Å². The highest BCUT2D eigenvalue weighted by atomic mass is 28.4. The molecule has 2 fully saturated rings. The van der Waals surface area contributed by atoms with Gasteiger partial charge in [0.2, 0.25) is 14.3 Å². The number of nitrogens with zero attached hydrogens (tertiary/aromatic N) is 3. The number of hydrogen-bond donors (Lipinski definition) is 1. The number of benzene rings is 3. The molecule has 0 saturated carbocycles. The summed E-state index contributed by atoms with van der Waals surface area (Å²) in [6.45, 7) is 5.70. The van der Waals surface area contributed by atoms with Crippen LogP contribution in [0.15, 0.2) is 72.8 Å². The van der Waals surface area contributed by atoms with Crippen LogP contribution in [0.4, 0.5) is 21.2 Å². The predicted octanol–water partition coefficient (Wildman–Crippen LogP) is 5.44. The van der Waals surface area contributed by atoms with Crippen molar-refractivity contribution in [2.75, 3.05) is 29.6 Å². The molecule has 1 spiro atoms. The molecule has 0 bridgehead atoms. The number of fused-ring (bicyclic) bond motifs is 3. The second-order valence-corrected chi connectivity index (χ2v) is 17.4. The third-order valence-electron chi connectivity index (χ3n) is 10.4. The average Bonchev–Trinajstić information content (AvgIpc) is 3.71. The van der Waals surface area contributed by atoms with Gasteiger partial charge in [-0.05, 0) is 61.8 Å². The van der Waals surface area contributed by atoms with Crippen LogP contribution >= 0.6 is 0 Å².